The van der Waals surface area contributed by atoms with Crippen molar-refractivity contribution in [2.24, 2.45) is 0 Å². The summed E-state index contributed by atoms with van der Waals surface area (Å²) in [6, 6.07) is 0. The van der Waals surface area contributed by atoms with Gasteiger partial charge in [-0.05, 0) is 0 Å². The normalized spacial score (nSPS) is 5.50. The van der Waals surface area contributed by atoms with Crippen LogP contribution in [-0.4, -0.2) is 68.9 Å². The predicted molar refractivity (Wildman–Crippen MR) is 17.5 cm³/mol. The van der Waals surface area contributed by atoms with Crippen LogP contribution in [0.5, 0.6) is 0 Å². The summed E-state index contributed by atoms with van der Waals surface area (Å²) in [5.74, 6) is 0. The maximum Gasteiger partial charge on any atom is 0 e. The van der Waals surface area contributed by atoms with E-state index in [1.165, 1.54) is 0 Å². The molecule has 0 unspecified atom stereocenters. The minimum absolute atomic E-state index is 0. The summed E-state index contributed by atoms with van der Waals surface area (Å²) >= 11 is 0.757. The maximum absolute atomic E-state index is 4.67. The summed E-state index contributed by atoms with van der Waals surface area (Å²) in [4.78, 5) is 0. The summed E-state index contributed by atoms with van der Waals surface area (Å²) in [6.45, 7) is 0. The Morgan fingerprint density at radius 1 is 1.25 bits per heavy atom. The van der Waals surface area contributed by atoms with E-state index in [4.69, 9.17) is 0 Å². The molecule has 0 aromatic carbocycles. The van der Waals surface area contributed by atoms with Crippen LogP contribution < -0.4 is 0 Å². The number of hydrogen-bond donors (Lipinski definition) is 0. The van der Waals surface area contributed by atoms with E-state index in [9.17, 15) is 0 Å². The first-order valence-electron chi connectivity index (χ1n) is 0.228. The van der Waals surface area contributed by atoms with Crippen molar-refractivity contribution in [1.82, 2.24) is 0 Å². The van der Waals surface area contributed by atoms with Gasteiger partial charge in [0, 0.05) is 68.9 Å². The van der Waals surface area contributed by atoms with E-state index >= 15 is 0 Å². The summed E-state index contributed by atoms with van der Waals surface area (Å²) in [6.07, 6.45) is 0. The monoisotopic (exact) mass is 266 g/mol. The van der Waals surface area contributed by atoms with Crippen molar-refractivity contribution in [3.63, 3.8) is 0 Å². The van der Waals surface area contributed by atoms with Crippen LogP contribution in [0.3, 0.4) is 0 Å². The smallest absolute Gasteiger partial charge is 0 e. The Kier molecular flexibility index (Phi) is 24.1. The van der Waals surface area contributed by atoms with Crippen LogP contribution in [-0.2, 0) is 13.1 Å². The fourth-order valence-corrected chi connectivity index (χ4v) is 0. The van der Waals surface area contributed by atoms with E-state index in [2.05, 4.69) is 20.2 Å². The Bertz CT molecular complexity index is 6.00. The van der Waals surface area contributed by atoms with Crippen molar-refractivity contribution in [2.45, 2.75) is 0 Å². The molecule has 0 nitrogen and oxygen atoms in total. The predicted octanol–water partition coefficient (Wildman–Crippen LogP) is 0.996. The molecule has 0 saturated heterocycles. The summed E-state index contributed by atoms with van der Waals surface area (Å²) < 4.78 is 0. The fraction of sp³-hybridized carbons (Fsp3) is 0. The van der Waals surface area contributed by atoms with E-state index in [1.807, 2.05) is 0 Å². The van der Waals surface area contributed by atoms with Gasteiger partial charge in [0.25, 0.3) is 0 Å². The SMILES string of the molecule is [Cl][Cu][Cl].[Cs]. The minimum atomic E-state index is 0. The Morgan fingerprint density at radius 2 is 1.25 bits per heavy atom. The Balaban J connectivity index is 0. The molecule has 1 radical (unpaired) electrons. The molecule has 4 heteroatoms. The van der Waals surface area contributed by atoms with E-state index in [1.54, 1.807) is 0 Å². The van der Waals surface area contributed by atoms with Gasteiger partial charge in [-0.25, -0.2) is 0 Å². The molecule has 0 aromatic rings. The third-order valence-electron chi connectivity index (χ3n) is 0. The third kappa shape index (κ3) is 8.94. The second kappa shape index (κ2) is 9.47. The van der Waals surface area contributed by atoms with E-state index in [0.717, 1.165) is 13.1 Å². The van der Waals surface area contributed by atoms with E-state index < -0.39 is 0 Å². The van der Waals surface area contributed by atoms with Gasteiger partial charge in [-0.15, -0.1) is 0 Å². The molecule has 0 spiro atoms. The number of hydrogen-bond acceptors (Lipinski definition) is 0. The second-order valence-corrected chi connectivity index (χ2v) is 1.60. The average Bonchev–Trinajstić information content (AvgIpc) is 0.918. The Morgan fingerprint density at radius 3 is 1.25 bits per heavy atom. The molecule has 0 aliphatic carbocycles. The molecule has 0 atom stereocenters. The van der Waals surface area contributed by atoms with Crippen molar-refractivity contribution in [2.75, 3.05) is 0 Å². The topological polar surface area (TPSA) is 0 Å². The van der Waals surface area contributed by atoms with E-state index in [0.29, 0.717) is 0 Å². The molecule has 0 heterocycles. The van der Waals surface area contributed by atoms with Gasteiger partial charge < -0.3 is 0 Å². The number of rotatable bonds is 0. The molecule has 0 rings (SSSR count). The van der Waals surface area contributed by atoms with Crippen LogP contribution in [0.1, 0.15) is 0 Å². The van der Waals surface area contributed by atoms with Crippen molar-refractivity contribution < 1.29 is 13.1 Å². The van der Waals surface area contributed by atoms with Gasteiger partial charge in [0.1, 0.15) is 0 Å². The van der Waals surface area contributed by atoms with Crippen molar-refractivity contribution in [3.8, 4) is 0 Å². The van der Waals surface area contributed by atoms with Crippen molar-refractivity contribution in [1.29, 1.82) is 0 Å². The van der Waals surface area contributed by atoms with Crippen LogP contribution in [0.25, 0.3) is 0 Å². The Labute approximate surface area is 99.0 Å². The van der Waals surface area contributed by atoms with E-state index in [-0.39, 0.29) is 68.9 Å². The Hall–Kier alpha value is 3.15. The van der Waals surface area contributed by atoms with Crippen LogP contribution in [0.15, 0.2) is 0 Å². The quantitative estimate of drug-likeness (QED) is 0.574. The van der Waals surface area contributed by atoms with Crippen LogP contribution in [0.2, 0.25) is 0 Å². The summed E-state index contributed by atoms with van der Waals surface area (Å²) in [7, 11) is 9.34. The first-order valence-corrected chi connectivity index (χ1v) is 2.82. The fourth-order valence-electron chi connectivity index (χ4n) is 0. The van der Waals surface area contributed by atoms with Crippen molar-refractivity contribution >= 4 is 89.1 Å². The molecule has 0 N–H and O–H groups in total. The average molecular weight is 267 g/mol. The standard InChI is InChI=1S/2ClH.Cs.Cu/h2*1H;;/q;;;+2/p-2. The maximum atomic E-state index is 4.67. The minimum Gasteiger partial charge on any atom is 0 e. The molecule has 0 saturated carbocycles. The van der Waals surface area contributed by atoms with Crippen LogP contribution >= 0.6 is 20.2 Å². The molecule has 0 bridgehead atoms. The molecule has 0 aliphatic rings. The van der Waals surface area contributed by atoms with Gasteiger partial charge in [-0.3, -0.25) is 0 Å². The van der Waals surface area contributed by atoms with Crippen LogP contribution in [0.4, 0.5) is 0 Å². The van der Waals surface area contributed by atoms with Crippen molar-refractivity contribution in [3.05, 3.63) is 0 Å². The molecule has 0 amide bonds. The molecule has 0 aromatic heterocycles. The van der Waals surface area contributed by atoms with Crippen LogP contribution in [0, 0.1) is 0 Å². The number of halogens is 2. The summed E-state index contributed by atoms with van der Waals surface area (Å²) in [5, 5.41) is 0. The molecule has 0 aliphatic heterocycles. The molecular formula is Cl2CsCu. The first-order chi connectivity index (χ1) is 1.41. The molecule has 0 fully saturated rings. The van der Waals surface area contributed by atoms with Gasteiger partial charge in [-0.1, -0.05) is 0 Å². The third-order valence-corrected chi connectivity index (χ3v) is 0. The summed E-state index contributed by atoms with van der Waals surface area (Å²) in [5.41, 5.74) is 0. The van der Waals surface area contributed by atoms with Gasteiger partial charge in [0.15, 0.2) is 0 Å². The molecular weight excluding hydrogens is 267 g/mol. The van der Waals surface area contributed by atoms with Gasteiger partial charge in [0.05, 0.1) is 0 Å². The largest absolute Gasteiger partial charge is 0 e. The zero-order valence-corrected chi connectivity index (χ0v) is 10.8. The first kappa shape index (κ1) is 10.2. The van der Waals surface area contributed by atoms with Gasteiger partial charge >= 0.3 is 33.3 Å². The zero-order chi connectivity index (χ0) is 2.71. The van der Waals surface area contributed by atoms with Gasteiger partial charge in [0.2, 0.25) is 0 Å². The molecule has 26 valence electrons. The zero-order valence-electron chi connectivity index (χ0n) is 2.06. The molecule has 4 heavy (non-hydrogen) atoms. The second-order valence-electron chi connectivity index (χ2n) is 0.0431. The van der Waals surface area contributed by atoms with Gasteiger partial charge in [-0.2, -0.15) is 0 Å².